The Morgan fingerprint density at radius 1 is 1.27 bits per heavy atom. The number of benzene rings is 1. The summed E-state index contributed by atoms with van der Waals surface area (Å²) in [6, 6.07) is 6.88. The predicted molar refractivity (Wildman–Crippen MR) is 101 cm³/mol. The standard InChI is InChI=1S/C19H26ClN3O3/c1-13(2)8-10-19(3)17(25)23(18(26)22-19)12-16(24)21-11-9-14-4-6-15(20)7-5-14/h4-7,13H,8-12H2,1-3H3,(H,21,24)(H,22,26). The molecule has 0 bridgehead atoms. The van der Waals surface area contributed by atoms with Gasteiger partial charge in [-0.15, -0.1) is 0 Å². The molecule has 4 amide bonds. The Morgan fingerprint density at radius 2 is 1.92 bits per heavy atom. The van der Waals surface area contributed by atoms with Gasteiger partial charge in [0, 0.05) is 11.6 Å². The first-order valence-corrected chi connectivity index (χ1v) is 9.24. The topological polar surface area (TPSA) is 78.5 Å². The number of rotatable bonds is 8. The first-order chi connectivity index (χ1) is 12.2. The second kappa shape index (κ2) is 8.54. The smallest absolute Gasteiger partial charge is 0.325 e. The number of hydrogen-bond acceptors (Lipinski definition) is 3. The van der Waals surface area contributed by atoms with Crippen LogP contribution in [0.4, 0.5) is 4.79 Å². The van der Waals surface area contributed by atoms with Gasteiger partial charge in [-0.25, -0.2) is 4.79 Å². The largest absolute Gasteiger partial charge is 0.354 e. The van der Waals surface area contributed by atoms with Crippen molar-refractivity contribution in [2.45, 2.75) is 45.6 Å². The van der Waals surface area contributed by atoms with E-state index in [-0.39, 0.29) is 18.4 Å². The maximum Gasteiger partial charge on any atom is 0.325 e. The molecule has 1 aromatic carbocycles. The highest BCUT2D eigenvalue weighted by Gasteiger charge is 2.47. The zero-order chi connectivity index (χ0) is 19.3. The highest BCUT2D eigenvalue weighted by Crippen LogP contribution is 2.24. The lowest BCUT2D eigenvalue weighted by molar-refractivity contribution is -0.134. The quantitative estimate of drug-likeness (QED) is 0.681. The number of carbonyl (C=O) groups is 3. The van der Waals surface area contributed by atoms with Crippen LogP contribution in [0.2, 0.25) is 5.02 Å². The molecule has 1 aliphatic rings. The highest BCUT2D eigenvalue weighted by atomic mass is 35.5. The molecular formula is C19H26ClN3O3. The molecule has 1 heterocycles. The van der Waals surface area contributed by atoms with Gasteiger partial charge in [0.1, 0.15) is 12.1 Å². The van der Waals surface area contributed by atoms with Crippen molar-refractivity contribution in [3.63, 3.8) is 0 Å². The Morgan fingerprint density at radius 3 is 2.54 bits per heavy atom. The molecular weight excluding hydrogens is 354 g/mol. The van der Waals surface area contributed by atoms with E-state index in [0.717, 1.165) is 16.9 Å². The van der Waals surface area contributed by atoms with Crippen molar-refractivity contribution in [1.82, 2.24) is 15.5 Å². The van der Waals surface area contributed by atoms with Gasteiger partial charge in [0.15, 0.2) is 0 Å². The molecule has 2 N–H and O–H groups in total. The van der Waals surface area contributed by atoms with Crippen LogP contribution in [0.15, 0.2) is 24.3 Å². The van der Waals surface area contributed by atoms with E-state index in [0.29, 0.717) is 30.3 Å². The number of halogens is 1. The zero-order valence-electron chi connectivity index (χ0n) is 15.5. The summed E-state index contributed by atoms with van der Waals surface area (Å²) in [6.07, 6.45) is 2.03. The summed E-state index contributed by atoms with van der Waals surface area (Å²) in [6.45, 7) is 6.01. The summed E-state index contributed by atoms with van der Waals surface area (Å²) in [7, 11) is 0. The Kier molecular flexibility index (Phi) is 6.64. The fourth-order valence-corrected chi connectivity index (χ4v) is 2.96. The first-order valence-electron chi connectivity index (χ1n) is 8.86. The van der Waals surface area contributed by atoms with Crippen LogP contribution in [-0.2, 0) is 16.0 Å². The molecule has 0 aliphatic carbocycles. The van der Waals surface area contributed by atoms with Gasteiger partial charge in [-0.1, -0.05) is 37.6 Å². The molecule has 1 unspecified atom stereocenters. The zero-order valence-corrected chi connectivity index (χ0v) is 16.2. The molecule has 7 heteroatoms. The third kappa shape index (κ3) is 5.21. The van der Waals surface area contributed by atoms with Crippen molar-refractivity contribution < 1.29 is 14.4 Å². The predicted octanol–water partition coefficient (Wildman–Crippen LogP) is 2.75. The number of urea groups is 1. The lowest BCUT2D eigenvalue weighted by atomic mass is 9.92. The van der Waals surface area contributed by atoms with Crippen LogP contribution in [0.25, 0.3) is 0 Å². The van der Waals surface area contributed by atoms with E-state index in [9.17, 15) is 14.4 Å². The SMILES string of the molecule is CC(C)CCC1(C)NC(=O)N(CC(=O)NCCc2ccc(Cl)cc2)C1=O. The Labute approximate surface area is 159 Å². The van der Waals surface area contributed by atoms with Crippen molar-refractivity contribution in [3.8, 4) is 0 Å². The minimum atomic E-state index is -0.926. The van der Waals surface area contributed by atoms with E-state index < -0.39 is 11.6 Å². The van der Waals surface area contributed by atoms with E-state index in [1.165, 1.54) is 0 Å². The van der Waals surface area contributed by atoms with Crippen LogP contribution in [0.1, 0.15) is 39.2 Å². The second-order valence-electron chi connectivity index (χ2n) is 7.31. The molecule has 0 spiro atoms. The Bertz CT molecular complexity index is 675. The van der Waals surface area contributed by atoms with Gasteiger partial charge >= 0.3 is 6.03 Å². The van der Waals surface area contributed by atoms with Gasteiger partial charge in [0.05, 0.1) is 0 Å². The van der Waals surface area contributed by atoms with E-state index >= 15 is 0 Å². The van der Waals surface area contributed by atoms with Gasteiger partial charge in [-0.2, -0.15) is 0 Å². The van der Waals surface area contributed by atoms with Crippen LogP contribution < -0.4 is 10.6 Å². The Hall–Kier alpha value is -2.08. The van der Waals surface area contributed by atoms with Gasteiger partial charge in [0.25, 0.3) is 5.91 Å². The molecule has 1 aliphatic heterocycles. The lowest BCUT2D eigenvalue weighted by Crippen LogP contribution is -2.45. The molecule has 1 atom stereocenters. The second-order valence-corrected chi connectivity index (χ2v) is 7.75. The molecule has 26 heavy (non-hydrogen) atoms. The molecule has 0 aromatic heterocycles. The highest BCUT2D eigenvalue weighted by molar-refractivity contribution is 6.30. The van der Waals surface area contributed by atoms with Crippen LogP contribution in [0.3, 0.4) is 0 Å². The Balaban J connectivity index is 1.83. The molecule has 1 fully saturated rings. The summed E-state index contributed by atoms with van der Waals surface area (Å²) in [4.78, 5) is 37.8. The normalized spacial score (nSPS) is 19.8. The maximum atomic E-state index is 12.6. The molecule has 1 aromatic rings. The number of hydrogen-bond donors (Lipinski definition) is 2. The van der Waals surface area contributed by atoms with Gasteiger partial charge in [-0.3, -0.25) is 14.5 Å². The van der Waals surface area contributed by atoms with E-state index in [1.807, 2.05) is 12.1 Å². The molecule has 2 rings (SSSR count). The van der Waals surface area contributed by atoms with Crippen molar-refractivity contribution >= 4 is 29.4 Å². The van der Waals surface area contributed by atoms with Gasteiger partial charge in [-0.05, 0) is 49.8 Å². The third-order valence-electron chi connectivity index (χ3n) is 4.52. The lowest BCUT2D eigenvalue weighted by Gasteiger charge is -2.22. The van der Waals surface area contributed by atoms with E-state index in [2.05, 4.69) is 24.5 Å². The van der Waals surface area contributed by atoms with E-state index in [1.54, 1.807) is 19.1 Å². The molecule has 0 radical (unpaired) electrons. The molecule has 6 nitrogen and oxygen atoms in total. The van der Waals surface area contributed by atoms with Crippen LogP contribution >= 0.6 is 11.6 Å². The number of carbonyl (C=O) groups excluding carboxylic acids is 3. The molecule has 0 saturated carbocycles. The fraction of sp³-hybridized carbons (Fsp3) is 0.526. The minimum Gasteiger partial charge on any atom is -0.354 e. The first kappa shape index (κ1) is 20.2. The van der Waals surface area contributed by atoms with Crippen LogP contribution in [-0.4, -0.2) is 41.4 Å². The molecule has 1 saturated heterocycles. The summed E-state index contributed by atoms with van der Waals surface area (Å²) >= 11 is 5.84. The number of nitrogens with zero attached hydrogens (tertiary/aromatic N) is 1. The number of nitrogens with one attached hydrogen (secondary N) is 2. The average Bonchev–Trinajstić information content (AvgIpc) is 2.79. The van der Waals surface area contributed by atoms with Crippen LogP contribution in [0, 0.1) is 5.92 Å². The van der Waals surface area contributed by atoms with Crippen molar-refractivity contribution in [3.05, 3.63) is 34.9 Å². The molecule has 142 valence electrons. The fourth-order valence-electron chi connectivity index (χ4n) is 2.83. The van der Waals surface area contributed by atoms with Crippen LogP contribution in [0.5, 0.6) is 0 Å². The summed E-state index contributed by atoms with van der Waals surface area (Å²) in [5.74, 6) is -0.256. The van der Waals surface area contributed by atoms with Crippen molar-refractivity contribution in [2.75, 3.05) is 13.1 Å². The average molecular weight is 380 g/mol. The maximum absolute atomic E-state index is 12.6. The summed E-state index contributed by atoms with van der Waals surface area (Å²) < 4.78 is 0. The van der Waals surface area contributed by atoms with Gasteiger partial charge in [0.2, 0.25) is 5.91 Å². The number of amides is 4. The van der Waals surface area contributed by atoms with E-state index in [4.69, 9.17) is 11.6 Å². The number of imide groups is 1. The van der Waals surface area contributed by atoms with Gasteiger partial charge < -0.3 is 10.6 Å². The van der Waals surface area contributed by atoms with Crippen molar-refractivity contribution in [2.24, 2.45) is 5.92 Å². The monoisotopic (exact) mass is 379 g/mol. The third-order valence-corrected chi connectivity index (χ3v) is 4.77. The summed E-state index contributed by atoms with van der Waals surface area (Å²) in [5, 5.41) is 6.13. The van der Waals surface area contributed by atoms with Crippen molar-refractivity contribution in [1.29, 1.82) is 0 Å². The summed E-state index contributed by atoms with van der Waals surface area (Å²) in [5.41, 5.74) is 0.122. The minimum absolute atomic E-state index is 0.261.